The Morgan fingerprint density at radius 2 is 1.62 bits per heavy atom. The molecule has 98 valence electrons. The molecule has 0 aromatic carbocycles. The van der Waals surface area contributed by atoms with Gasteiger partial charge < -0.3 is 10.8 Å². The minimum atomic E-state index is -0.672. The summed E-state index contributed by atoms with van der Waals surface area (Å²) in [5, 5.41) is 9.93. The summed E-state index contributed by atoms with van der Waals surface area (Å²) >= 11 is 0. The normalized spacial score (nSPS) is 17.6. The van der Waals surface area contributed by atoms with E-state index in [0.29, 0.717) is 6.54 Å². The van der Waals surface area contributed by atoms with Crippen LogP contribution in [0.15, 0.2) is 0 Å². The van der Waals surface area contributed by atoms with E-state index in [0.717, 1.165) is 6.54 Å². The molecule has 0 spiro atoms. The number of nitrogens with zero attached hydrogens (tertiary/aromatic N) is 1. The van der Waals surface area contributed by atoms with Crippen LogP contribution in [-0.2, 0) is 0 Å². The van der Waals surface area contributed by atoms with E-state index >= 15 is 0 Å². The number of hydrogen-bond donors (Lipinski definition) is 2. The van der Waals surface area contributed by atoms with Crippen LogP contribution < -0.4 is 5.73 Å². The molecule has 0 radical (unpaired) electrons. The van der Waals surface area contributed by atoms with Crippen molar-refractivity contribution in [2.24, 2.45) is 11.1 Å². The Balaban J connectivity index is 4.87. The van der Waals surface area contributed by atoms with Crippen LogP contribution >= 0.6 is 0 Å². The SMILES string of the molecule is CCN(CC(C)(C)O)C(C(C)N)C(C)(C)C. The van der Waals surface area contributed by atoms with Gasteiger partial charge in [0.15, 0.2) is 0 Å². The summed E-state index contributed by atoms with van der Waals surface area (Å²) < 4.78 is 0. The van der Waals surface area contributed by atoms with Gasteiger partial charge in [0.2, 0.25) is 0 Å². The third kappa shape index (κ3) is 5.28. The molecule has 0 aliphatic heterocycles. The highest BCUT2D eigenvalue weighted by atomic mass is 16.3. The second-order valence-corrected chi connectivity index (χ2v) is 6.55. The van der Waals surface area contributed by atoms with E-state index in [1.165, 1.54) is 0 Å². The van der Waals surface area contributed by atoms with Crippen LogP contribution in [-0.4, -0.2) is 40.8 Å². The van der Waals surface area contributed by atoms with E-state index in [1.54, 1.807) is 0 Å². The lowest BCUT2D eigenvalue weighted by molar-refractivity contribution is -0.00538. The van der Waals surface area contributed by atoms with Gasteiger partial charge in [-0.2, -0.15) is 0 Å². The predicted octanol–water partition coefficient (Wildman–Crippen LogP) is 1.84. The van der Waals surface area contributed by atoms with Gasteiger partial charge in [-0.05, 0) is 32.7 Å². The van der Waals surface area contributed by atoms with Crippen molar-refractivity contribution in [3.63, 3.8) is 0 Å². The lowest BCUT2D eigenvalue weighted by Crippen LogP contribution is -2.56. The third-order valence-electron chi connectivity index (χ3n) is 2.77. The molecule has 0 aliphatic rings. The zero-order valence-electron chi connectivity index (χ0n) is 12.0. The van der Waals surface area contributed by atoms with Crippen LogP contribution in [0.25, 0.3) is 0 Å². The fourth-order valence-corrected chi connectivity index (χ4v) is 2.57. The fraction of sp³-hybridized carbons (Fsp3) is 1.00. The lowest BCUT2D eigenvalue weighted by atomic mass is 9.81. The molecule has 3 nitrogen and oxygen atoms in total. The number of hydrogen-bond acceptors (Lipinski definition) is 3. The second-order valence-electron chi connectivity index (χ2n) is 6.55. The fourth-order valence-electron chi connectivity index (χ4n) is 2.57. The average molecular weight is 230 g/mol. The molecular weight excluding hydrogens is 200 g/mol. The van der Waals surface area contributed by atoms with Crippen molar-refractivity contribution in [1.82, 2.24) is 4.90 Å². The Hall–Kier alpha value is -0.120. The first-order valence-electron chi connectivity index (χ1n) is 6.21. The maximum Gasteiger partial charge on any atom is 0.0718 e. The highest BCUT2D eigenvalue weighted by molar-refractivity contribution is 4.90. The molecule has 0 heterocycles. The highest BCUT2D eigenvalue weighted by Gasteiger charge is 2.34. The van der Waals surface area contributed by atoms with Gasteiger partial charge >= 0.3 is 0 Å². The molecule has 0 amide bonds. The van der Waals surface area contributed by atoms with Crippen molar-refractivity contribution in [2.75, 3.05) is 13.1 Å². The van der Waals surface area contributed by atoms with Gasteiger partial charge in [0.05, 0.1) is 5.60 Å². The first kappa shape index (κ1) is 15.9. The van der Waals surface area contributed by atoms with Crippen molar-refractivity contribution >= 4 is 0 Å². The van der Waals surface area contributed by atoms with Gasteiger partial charge in [-0.1, -0.05) is 27.7 Å². The quantitative estimate of drug-likeness (QED) is 0.758. The molecule has 0 aromatic heterocycles. The minimum absolute atomic E-state index is 0.0994. The molecule has 0 saturated heterocycles. The standard InChI is InChI=1S/C13H30N2O/c1-8-15(9-13(6,7)16)11(10(2)14)12(3,4)5/h10-11,16H,8-9,14H2,1-7H3. The molecule has 16 heavy (non-hydrogen) atoms. The Morgan fingerprint density at radius 3 is 1.81 bits per heavy atom. The summed E-state index contributed by atoms with van der Waals surface area (Å²) in [6, 6.07) is 0.381. The zero-order valence-corrected chi connectivity index (χ0v) is 12.0. The van der Waals surface area contributed by atoms with Crippen LogP contribution in [0.5, 0.6) is 0 Å². The monoisotopic (exact) mass is 230 g/mol. The highest BCUT2D eigenvalue weighted by Crippen LogP contribution is 2.27. The number of nitrogens with two attached hydrogens (primary N) is 1. The van der Waals surface area contributed by atoms with Crippen molar-refractivity contribution in [1.29, 1.82) is 0 Å². The smallest absolute Gasteiger partial charge is 0.0718 e. The van der Waals surface area contributed by atoms with Crippen LogP contribution in [0.3, 0.4) is 0 Å². The van der Waals surface area contributed by atoms with E-state index < -0.39 is 5.60 Å². The first-order valence-corrected chi connectivity index (χ1v) is 6.21. The van der Waals surface area contributed by atoms with E-state index in [4.69, 9.17) is 5.73 Å². The molecule has 3 heteroatoms. The molecule has 0 rings (SSSR count). The maximum absolute atomic E-state index is 9.93. The van der Waals surface area contributed by atoms with Crippen molar-refractivity contribution < 1.29 is 5.11 Å². The van der Waals surface area contributed by atoms with Crippen molar-refractivity contribution in [2.45, 2.75) is 66.2 Å². The van der Waals surface area contributed by atoms with Crippen molar-refractivity contribution in [3.05, 3.63) is 0 Å². The summed E-state index contributed by atoms with van der Waals surface area (Å²) in [6.45, 7) is 16.0. The van der Waals surface area contributed by atoms with Crippen molar-refractivity contribution in [3.8, 4) is 0 Å². The predicted molar refractivity (Wildman–Crippen MR) is 70.4 cm³/mol. The van der Waals surface area contributed by atoms with E-state index in [9.17, 15) is 5.11 Å². The zero-order chi connectivity index (χ0) is 13.1. The summed E-state index contributed by atoms with van der Waals surface area (Å²) in [7, 11) is 0. The Kier molecular flexibility index (Phi) is 5.44. The molecule has 2 atom stereocenters. The van der Waals surface area contributed by atoms with Crippen LogP contribution in [0.2, 0.25) is 0 Å². The third-order valence-corrected chi connectivity index (χ3v) is 2.77. The van der Waals surface area contributed by atoms with E-state index in [-0.39, 0.29) is 17.5 Å². The van der Waals surface area contributed by atoms with Crippen LogP contribution in [0.1, 0.15) is 48.5 Å². The van der Waals surface area contributed by atoms with Crippen LogP contribution in [0, 0.1) is 5.41 Å². The molecule has 0 saturated carbocycles. The second kappa shape index (κ2) is 5.48. The summed E-state index contributed by atoms with van der Waals surface area (Å²) in [5.74, 6) is 0. The van der Waals surface area contributed by atoms with E-state index in [1.807, 2.05) is 20.8 Å². The average Bonchev–Trinajstić information content (AvgIpc) is 1.96. The first-order chi connectivity index (χ1) is 6.99. The minimum Gasteiger partial charge on any atom is -0.389 e. The molecule has 0 aliphatic carbocycles. The molecule has 3 N–H and O–H groups in total. The van der Waals surface area contributed by atoms with Gasteiger partial charge in [0.1, 0.15) is 0 Å². The molecule has 0 aromatic rings. The number of likely N-dealkylation sites (N-methyl/N-ethyl adjacent to an activating group) is 1. The molecule has 2 unspecified atom stereocenters. The lowest BCUT2D eigenvalue weighted by Gasteiger charge is -2.44. The Morgan fingerprint density at radius 1 is 1.19 bits per heavy atom. The van der Waals surface area contributed by atoms with Gasteiger partial charge in [0, 0.05) is 18.6 Å². The molecule has 0 fully saturated rings. The Labute approximate surface area is 101 Å². The maximum atomic E-state index is 9.93. The summed E-state index contributed by atoms with van der Waals surface area (Å²) in [6.07, 6.45) is 0. The topological polar surface area (TPSA) is 49.5 Å². The molecular formula is C13H30N2O. The number of rotatable bonds is 5. The van der Waals surface area contributed by atoms with Gasteiger partial charge in [0.25, 0.3) is 0 Å². The summed E-state index contributed by atoms with van der Waals surface area (Å²) in [5.41, 5.74) is 5.54. The summed E-state index contributed by atoms with van der Waals surface area (Å²) in [4.78, 5) is 2.28. The van der Waals surface area contributed by atoms with Crippen LogP contribution in [0.4, 0.5) is 0 Å². The van der Waals surface area contributed by atoms with Gasteiger partial charge in [-0.15, -0.1) is 0 Å². The Bertz CT molecular complexity index is 201. The van der Waals surface area contributed by atoms with Gasteiger partial charge in [-0.25, -0.2) is 0 Å². The van der Waals surface area contributed by atoms with Gasteiger partial charge in [-0.3, -0.25) is 4.90 Å². The largest absolute Gasteiger partial charge is 0.389 e. The molecule has 0 bridgehead atoms. The van der Waals surface area contributed by atoms with E-state index in [2.05, 4.69) is 32.6 Å². The number of aliphatic hydroxyl groups is 1.